The first-order chi connectivity index (χ1) is 13.9. The Morgan fingerprint density at radius 2 is 2.00 bits per heavy atom. The molecule has 1 atom stereocenters. The van der Waals surface area contributed by atoms with E-state index in [1.807, 2.05) is 0 Å². The highest BCUT2D eigenvalue weighted by Gasteiger charge is 2.31. The molecule has 1 aromatic heterocycles. The van der Waals surface area contributed by atoms with Gasteiger partial charge in [0.15, 0.2) is 5.58 Å². The third-order valence-corrected chi connectivity index (χ3v) is 7.87. The van der Waals surface area contributed by atoms with E-state index in [1.165, 1.54) is 21.3 Å². The summed E-state index contributed by atoms with van der Waals surface area (Å²) in [5.74, 6) is -0.319. The van der Waals surface area contributed by atoms with Gasteiger partial charge in [-0.25, -0.2) is 18.2 Å². The minimum Gasteiger partial charge on any atom is -0.431 e. The number of carbonyl (C=O) groups is 2. The second kappa shape index (κ2) is 7.96. The van der Waals surface area contributed by atoms with Gasteiger partial charge in [0, 0.05) is 26.2 Å². The van der Waals surface area contributed by atoms with E-state index in [-0.39, 0.29) is 16.0 Å². The minimum absolute atomic E-state index is 0.189. The largest absolute Gasteiger partial charge is 0.431 e. The van der Waals surface area contributed by atoms with Crippen LogP contribution in [-0.2, 0) is 14.8 Å². The Kier molecular flexibility index (Phi) is 5.54. The number of rotatable bonds is 5. The van der Waals surface area contributed by atoms with Crippen molar-refractivity contribution >= 4 is 44.8 Å². The summed E-state index contributed by atoms with van der Waals surface area (Å²) in [6.07, 6.45) is 2.78. The molecular weight excluding hydrogens is 416 g/mol. The van der Waals surface area contributed by atoms with Gasteiger partial charge in [0.25, 0.3) is 5.22 Å². The molecule has 0 bridgehead atoms. The first kappa shape index (κ1) is 20.2. The molecule has 1 aromatic carbocycles. The van der Waals surface area contributed by atoms with Crippen LogP contribution in [0.25, 0.3) is 11.1 Å². The highest BCUT2D eigenvalue weighted by atomic mass is 32.2. The molecule has 4 rings (SSSR count). The van der Waals surface area contributed by atoms with Crippen molar-refractivity contribution in [3.05, 3.63) is 18.2 Å². The van der Waals surface area contributed by atoms with E-state index >= 15 is 0 Å². The van der Waals surface area contributed by atoms with Crippen LogP contribution in [-0.4, -0.2) is 66.0 Å². The number of hydrogen-bond acceptors (Lipinski definition) is 7. The van der Waals surface area contributed by atoms with Crippen molar-refractivity contribution in [1.82, 2.24) is 19.5 Å². The van der Waals surface area contributed by atoms with Gasteiger partial charge in [-0.2, -0.15) is 4.31 Å². The van der Waals surface area contributed by atoms with Gasteiger partial charge >= 0.3 is 6.03 Å². The molecule has 1 N–H and O–H groups in total. The number of amides is 3. The maximum absolute atomic E-state index is 12.9. The third-order valence-electron chi connectivity index (χ3n) is 5.04. The Morgan fingerprint density at radius 1 is 1.24 bits per heavy atom. The summed E-state index contributed by atoms with van der Waals surface area (Å²) in [6.45, 7) is 3.53. The van der Waals surface area contributed by atoms with Crippen LogP contribution in [0.15, 0.2) is 32.7 Å². The van der Waals surface area contributed by atoms with E-state index in [4.69, 9.17) is 4.42 Å². The molecule has 3 heterocycles. The van der Waals surface area contributed by atoms with Crippen molar-refractivity contribution < 1.29 is 22.4 Å². The number of imide groups is 1. The Morgan fingerprint density at radius 3 is 2.69 bits per heavy atom. The molecule has 9 nitrogen and oxygen atoms in total. The van der Waals surface area contributed by atoms with Crippen molar-refractivity contribution in [2.75, 3.05) is 26.2 Å². The third kappa shape index (κ3) is 3.99. The Balaban J connectivity index is 1.52. The minimum atomic E-state index is -3.56. The smallest absolute Gasteiger partial charge is 0.324 e. The summed E-state index contributed by atoms with van der Waals surface area (Å²) >= 11 is 1.10. The molecule has 156 valence electrons. The molecule has 0 radical (unpaired) electrons. The van der Waals surface area contributed by atoms with Crippen LogP contribution < -0.4 is 5.32 Å². The lowest BCUT2D eigenvalue weighted by atomic mass is 10.2. The zero-order valence-corrected chi connectivity index (χ0v) is 17.6. The van der Waals surface area contributed by atoms with Crippen LogP contribution in [0.3, 0.4) is 0 Å². The lowest BCUT2D eigenvalue weighted by Gasteiger charge is -2.25. The van der Waals surface area contributed by atoms with E-state index < -0.39 is 21.3 Å². The van der Waals surface area contributed by atoms with E-state index in [1.54, 1.807) is 13.0 Å². The number of aromatic nitrogens is 1. The van der Waals surface area contributed by atoms with Crippen LogP contribution in [0.2, 0.25) is 0 Å². The predicted molar refractivity (Wildman–Crippen MR) is 107 cm³/mol. The number of urea groups is 1. The normalized spacial score (nSPS) is 19.5. The SMILES string of the molecule is C[C@H](Sc1nc2cc(S(=O)(=O)N3CCCCC3)ccc2o1)C(=O)N1CCNC1=O. The van der Waals surface area contributed by atoms with Crippen LogP contribution in [0.5, 0.6) is 0 Å². The Bertz CT molecular complexity index is 1050. The average molecular weight is 439 g/mol. The van der Waals surface area contributed by atoms with E-state index in [0.717, 1.165) is 31.0 Å². The molecule has 2 fully saturated rings. The van der Waals surface area contributed by atoms with Gasteiger partial charge in [-0.1, -0.05) is 18.2 Å². The van der Waals surface area contributed by atoms with Gasteiger partial charge in [-0.05, 0) is 38.0 Å². The fourth-order valence-corrected chi connectivity index (χ4v) is 5.81. The van der Waals surface area contributed by atoms with Crippen molar-refractivity contribution in [2.24, 2.45) is 0 Å². The monoisotopic (exact) mass is 438 g/mol. The van der Waals surface area contributed by atoms with Gasteiger partial charge in [-0.15, -0.1) is 0 Å². The number of hydrogen-bond donors (Lipinski definition) is 1. The lowest BCUT2D eigenvalue weighted by molar-refractivity contribution is -0.126. The number of thioether (sulfide) groups is 1. The maximum Gasteiger partial charge on any atom is 0.324 e. The number of piperidine rings is 1. The van der Waals surface area contributed by atoms with Crippen LogP contribution in [0.1, 0.15) is 26.2 Å². The molecular formula is C18H22N4O5S2. The molecule has 11 heteroatoms. The van der Waals surface area contributed by atoms with Crippen LogP contribution in [0.4, 0.5) is 4.79 Å². The van der Waals surface area contributed by atoms with E-state index in [9.17, 15) is 18.0 Å². The first-order valence-corrected chi connectivity index (χ1v) is 11.8. The molecule has 29 heavy (non-hydrogen) atoms. The molecule has 0 spiro atoms. The fourth-order valence-electron chi connectivity index (χ4n) is 3.45. The first-order valence-electron chi connectivity index (χ1n) is 9.53. The van der Waals surface area contributed by atoms with Crippen LogP contribution >= 0.6 is 11.8 Å². The number of benzene rings is 1. The second-order valence-electron chi connectivity index (χ2n) is 7.06. The Labute approximate surface area is 172 Å². The summed E-state index contributed by atoms with van der Waals surface area (Å²) in [4.78, 5) is 29.8. The highest BCUT2D eigenvalue weighted by Crippen LogP contribution is 2.30. The maximum atomic E-state index is 12.9. The molecule has 0 aliphatic carbocycles. The molecule has 0 saturated carbocycles. The van der Waals surface area contributed by atoms with E-state index in [2.05, 4.69) is 10.3 Å². The summed E-state index contributed by atoms with van der Waals surface area (Å²) in [5, 5.41) is 2.29. The zero-order chi connectivity index (χ0) is 20.6. The number of nitrogens with one attached hydrogen (secondary N) is 1. The number of fused-ring (bicyclic) bond motifs is 1. The highest BCUT2D eigenvalue weighted by molar-refractivity contribution is 8.00. The zero-order valence-electron chi connectivity index (χ0n) is 16.0. The van der Waals surface area contributed by atoms with Gasteiger partial charge in [-0.3, -0.25) is 9.69 Å². The predicted octanol–water partition coefficient (Wildman–Crippen LogP) is 2.03. The quantitative estimate of drug-likeness (QED) is 0.711. The van der Waals surface area contributed by atoms with Gasteiger partial charge in [0.2, 0.25) is 15.9 Å². The fraction of sp³-hybridized carbons (Fsp3) is 0.500. The van der Waals surface area contributed by atoms with Crippen LogP contribution in [0, 0.1) is 0 Å². The topological polar surface area (TPSA) is 113 Å². The number of oxazole rings is 1. The van der Waals surface area contributed by atoms with Gasteiger partial charge in [0.1, 0.15) is 5.52 Å². The molecule has 2 aliphatic heterocycles. The summed E-state index contributed by atoms with van der Waals surface area (Å²) in [5.41, 5.74) is 0.868. The molecule has 2 aromatic rings. The summed E-state index contributed by atoms with van der Waals surface area (Å²) in [7, 11) is -3.56. The van der Waals surface area contributed by atoms with Crippen molar-refractivity contribution in [1.29, 1.82) is 0 Å². The van der Waals surface area contributed by atoms with Gasteiger partial charge < -0.3 is 9.73 Å². The van der Waals surface area contributed by atoms with Gasteiger partial charge in [0.05, 0.1) is 10.1 Å². The summed E-state index contributed by atoms with van der Waals surface area (Å²) in [6, 6.07) is 4.22. The standard InChI is InChI=1S/C18H22N4O5S2/c1-12(16(23)22-10-7-19-17(22)24)28-18-20-14-11-13(5-6-15(14)27-18)29(25,26)21-8-3-2-4-9-21/h5-6,11-12H,2-4,7-10H2,1H3,(H,19,24)/t12-/m0/s1. The molecule has 0 unspecified atom stereocenters. The lowest BCUT2D eigenvalue weighted by Crippen LogP contribution is -2.38. The molecule has 2 aliphatic rings. The number of nitrogens with zero attached hydrogens (tertiary/aromatic N) is 3. The Hall–Kier alpha value is -2.11. The van der Waals surface area contributed by atoms with Crippen molar-refractivity contribution in [3.63, 3.8) is 0 Å². The average Bonchev–Trinajstić information content (AvgIpc) is 3.32. The molecule has 2 saturated heterocycles. The van der Waals surface area contributed by atoms with Crippen molar-refractivity contribution in [3.8, 4) is 0 Å². The number of carbonyl (C=O) groups excluding carboxylic acids is 2. The van der Waals surface area contributed by atoms with E-state index in [0.29, 0.717) is 37.3 Å². The summed E-state index contributed by atoms with van der Waals surface area (Å²) < 4.78 is 32.9. The van der Waals surface area contributed by atoms with Crippen molar-refractivity contribution in [2.45, 2.75) is 41.6 Å². The second-order valence-corrected chi connectivity index (χ2v) is 10.3. The molecule has 3 amide bonds. The number of sulfonamides is 1.